The Bertz CT molecular complexity index is 1740. The highest BCUT2D eigenvalue weighted by Gasteiger charge is 2.38. The maximum atomic E-state index is 12.2. The summed E-state index contributed by atoms with van der Waals surface area (Å²) < 4.78 is 31.1. The lowest BCUT2D eigenvalue weighted by Gasteiger charge is -2.16. The van der Waals surface area contributed by atoms with Gasteiger partial charge in [-0.25, -0.2) is 0 Å². The van der Waals surface area contributed by atoms with Crippen molar-refractivity contribution in [2.75, 3.05) is 41.7 Å². The van der Waals surface area contributed by atoms with E-state index in [1.807, 2.05) is 12.1 Å². The van der Waals surface area contributed by atoms with Crippen molar-refractivity contribution in [2.45, 2.75) is 25.7 Å². The summed E-state index contributed by atoms with van der Waals surface area (Å²) in [4.78, 5) is 24.4. The van der Waals surface area contributed by atoms with Crippen LogP contribution in [-0.2, 0) is 44.7 Å². The lowest BCUT2D eigenvalue weighted by molar-refractivity contribution is -0.142. The molecule has 6 rings (SSSR count). The van der Waals surface area contributed by atoms with Gasteiger partial charge in [0.25, 0.3) is 0 Å². The molecule has 2 aliphatic heterocycles. The number of benzene rings is 4. The highest BCUT2D eigenvalue weighted by Crippen LogP contribution is 2.36. The molecule has 52 heavy (non-hydrogen) atoms. The molecular weight excluding hydrogens is 672 g/mol. The van der Waals surface area contributed by atoms with Crippen molar-refractivity contribution in [3.05, 3.63) is 95.1 Å². The van der Waals surface area contributed by atoms with E-state index in [4.69, 9.17) is 28.4 Å². The number of hydrogen-bond donors (Lipinski definition) is 4. The second-order valence-electron chi connectivity index (χ2n) is 12.8. The van der Waals surface area contributed by atoms with Crippen molar-refractivity contribution in [1.82, 2.24) is 0 Å². The van der Waals surface area contributed by atoms with Gasteiger partial charge in [-0.15, -0.1) is 0 Å². The van der Waals surface area contributed by atoms with E-state index in [0.717, 1.165) is 22.3 Å². The molecule has 4 N–H and O–H groups in total. The summed E-state index contributed by atoms with van der Waals surface area (Å²) in [6.45, 7) is 0.726. The van der Waals surface area contributed by atoms with Crippen molar-refractivity contribution in [3.63, 3.8) is 0 Å². The number of aromatic hydroxyl groups is 4. The van der Waals surface area contributed by atoms with E-state index in [1.54, 1.807) is 60.7 Å². The average molecular weight is 717 g/mol. The van der Waals surface area contributed by atoms with Crippen LogP contribution in [0.3, 0.4) is 0 Å². The minimum absolute atomic E-state index is 0.0246. The zero-order chi connectivity index (χ0) is 37.4. The summed E-state index contributed by atoms with van der Waals surface area (Å²) in [7, 11) is 5.98. The molecule has 0 aromatic heterocycles. The molecule has 0 aliphatic carbocycles. The SMILES string of the molecule is COc1cc(C[C@H]2COC(=O)[C@@H]2Cc2ccc(O)c(OC)c2)ccc1O.COc1cc(C[C@H]2COC(=O)[C@@H]2Cc2ccc(O)c(OC)c2)ccc1O. The monoisotopic (exact) mass is 716 g/mol. The molecule has 2 aliphatic rings. The quantitative estimate of drug-likeness (QED) is 0.138. The molecular formula is C40H44O12. The molecule has 0 saturated carbocycles. The summed E-state index contributed by atoms with van der Waals surface area (Å²) >= 11 is 0. The Hall–Kier alpha value is -5.78. The van der Waals surface area contributed by atoms with Gasteiger partial charge in [0.15, 0.2) is 46.0 Å². The highest BCUT2D eigenvalue weighted by atomic mass is 16.5. The summed E-state index contributed by atoms with van der Waals surface area (Å²) in [5.74, 6) is 0.964. The lowest BCUT2D eigenvalue weighted by Crippen LogP contribution is -2.20. The Labute approximate surface area is 302 Å². The average Bonchev–Trinajstić information content (AvgIpc) is 3.67. The molecule has 4 aromatic rings. The Balaban J connectivity index is 0.000000201. The van der Waals surface area contributed by atoms with Crippen LogP contribution < -0.4 is 18.9 Å². The molecule has 0 amide bonds. The first-order valence-corrected chi connectivity index (χ1v) is 16.8. The zero-order valence-electron chi connectivity index (χ0n) is 29.5. The molecule has 12 nitrogen and oxygen atoms in total. The van der Waals surface area contributed by atoms with Crippen LogP contribution in [0.1, 0.15) is 22.3 Å². The third-order valence-corrected chi connectivity index (χ3v) is 9.51. The van der Waals surface area contributed by atoms with Gasteiger partial charge in [-0.2, -0.15) is 0 Å². The first kappa shape index (κ1) is 37.5. The molecule has 0 bridgehead atoms. The summed E-state index contributed by atoms with van der Waals surface area (Å²) in [5.41, 5.74) is 3.74. The number of rotatable bonds is 12. The third-order valence-electron chi connectivity index (χ3n) is 9.51. The molecule has 276 valence electrons. The molecule has 2 heterocycles. The van der Waals surface area contributed by atoms with Gasteiger partial charge in [-0.05, 0) is 96.5 Å². The standard InChI is InChI=1S/2C20H22O6/c2*1-24-18-9-12(3-5-16(18)21)7-14-11-26-20(23)15(14)8-13-4-6-17(22)19(10-13)25-2/h2*3-6,9-10,14-15,21-22H,7-8,11H2,1-2H3/t2*14-,15+/m00/s1. The minimum atomic E-state index is -0.274. The maximum absolute atomic E-state index is 12.2. The maximum Gasteiger partial charge on any atom is 0.309 e. The van der Waals surface area contributed by atoms with Crippen LogP contribution in [0.15, 0.2) is 72.8 Å². The normalized spacial score (nSPS) is 19.2. The second-order valence-corrected chi connectivity index (χ2v) is 12.8. The van der Waals surface area contributed by atoms with Gasteiger partial charge in [-0.3, -0.25) is 9.59 Å². The van der Waals surface area contributed by atoms with E-state index >= 15 is 0 Å². The topological polar surface area (TPSA) is 170 Å². The molecule has 0 spiro atoms. The van der Waals surface area contributed by atoms with Gasteiger partial charge in [0.05, 0.1) is 53.5 Å². The van der Waals surface area contributed by atoms with E-state index in [0.29, 0.717) is 61.9 Å². The zero-order valence-corrected chi connectivity index (χ0v) is 29.5. The van der Waals surface area contributed by atoms with Crippen LogP contribution in [0.25, 0.3) is 0 Å². The van der Waals surface area contributed by atoms with Crippen LogP contribution in [0.2, 0.25) is 0 Å². The van der Waals surface area contributed by atoms with Crippen molar-refractivity contribution < 1.29 is 58.4 Å². The molecule has 4 aromatic carbocycles. The molecule has 0 unspecified atom stereocenters. The number of esters is 2. The van der Waals surface area contributed by atoms with Crippen molar-refractivity contribution >= 4 is 11.9 Å². The fourth-order valence-corrected chi connectivity index (χ4v) is 6.62. The van der Waals surface area contributed by atoms with E-state index in [2.05, 4.69) is 0 Å². The smallest absolute Gasteiger partial charge is 0.309 e. The molecule has 2 saturated heterocycles. The molecule has 4 atom stereocenters. The van der Waals surface area contributed by atoms with E-state index in [1.165, 1.54) is 28.4 Å². The van der Waals surface area contributed by atoms with Gasteiger partial charge < -0.3 is 48.8 Å². The van der Waals surface area contributed by atoms with Gasteiger partial charge in [0, 0.05) is 11.8 Å². The fourth-order valence-electron chi connectivity index (χ4n) is 6.62. The van der Waals surface area contributed by atoms with E-state index in [-0.39, 0.29) is 58.6 Å². The first-order chi connectivity index (χ1) is 25.0. The highest BCUT2D eigenvalue weighted by molar-refractivity contribution is 5.76. The van der Waals surface area contributed by atoms with Crippen LogP contribution in [0.4, 0.5) is 0 Å². The van der Waals surface area contributed by atoms with Crippen molar-refractivity contribution in [3.8, 4) is 46.0 Å². The van der Waals surface area contributed by atoms with Gasteiger partial charge in [0.1, 0.15) is 0 Å². The lowest BCUT2D eigenvalue weighted by atomic mass is 9.85. The number of phenolic OH excluding ortho intramolecular Hbond substituents is 4. The van der Waals surface area contributed by atoms with Crippen LogP contribution in [0, 0.1) is 23.7 Å². The summed E-state index contributed by atoms with van der Waals surface area (Å²) in [6.07, 6.45) is 2.30. The Kier molecular flexibility index (Phi) is 12.2. The fraction of sp³-hybridized carbons (Fsp3) is 0.350. The van der Waals surface area contributed by atoms with E-state index < -0.39 is 0 Å². The van der Waals surface area contributed by atoms with E-state index in [9.17, 15) is 30.0 Å². The summed E-state index contributed by atoms with van der Waals surface area (Å²) in [6, 6.07) is 20.5. The number of ether oxygens (including phenoxy) is 6. The molecule has 2 fully saturated rings. The summed E-state index contributed by atoms with van der Waals surface area (Å²) in [5, 5.41) is 38.9. The third kappa shape index (κ3) is 8.92. The Morgan fingerprint density at radius 2 is 0.750 bits per heavy atom. The molecule has 0 radical (unpaired) electrons. The number of phenols is 4. The van der Waals surface area contributed by atoms with Gasteiger partial charge in [-0.1, -0.05) is 24.3 Å². The molecule has 12 heteroatoms. The second kappa shape index (κ2) is 17.0. The number of carbonyl (C=O) groups is 2. The number of carbonyl (C=O) groups excluding carboxylic acids is 2. The number of cyclic esters (lactones) is 2. The van der Waals surface area contributed by atoms with Crippen LogP contribution in [-0.4, -0.2) is 74.0 Å². The van der Waals surface area contributed by atoms with Crippen LogP contribution in [0.5, 0.6) is 46.0 Å². The number of methoxy groups -OCH3 is 4. The largest absolute Gasteiger partial charge is 0.504 e. The predicted molar refractivity (Wildman–Crippen MR) is 189 cm³/mol. The van der Waals surface area contributed by atoms with Gasteiger partial charge in [0.2, 0.25) is 0 Å². The van der Waals surface area contributed by atoms with Crippen molar-refractivity contribution in [2.24, 2.45) is 23.7 Å². The minimum Gasteiger partial charge on any atom is -0.504 e. The Morgan fingerprint density at radius 3 is 1.02 bits per heavy atom. The first-order valence-electron chi connectivity index (χ1n) is 16.8. The Morgan fingerprint density at radius 1 is 0.481 bits per heavy atom. The predicted octanol–water partition coefficient (Wildman–Crippen LogP) is 5.38. The van der Waals surface area contributed by atoms with Crippen LogP contribution >= 0.6 is 0 Å². The van der Waals surface area contributed by atoms with Gasteiger partial charge >= 0.3 is 11.9 Å². The number of hydrogen-bond acceptors (Lipinski definition) is 12. The van der Waals surface area contributed by atoms with Crippen molar-refractivity contribution in [1.29, 1.82) is 0 Å².